The number of hydrogen-bond donors (Lipinski definition) is 1. The highest BCUT2D eigenvalue weighted by atomic mass is 32.2. The Hall–Kier alpha value is -0.680. The highest BCUT2D eigenvalue weighted by molar-refractivity contribution is 7.91. The molecule has 0 amide bonds. The third-order valence-corrected chi connectivity index (χ3v) is 5.54. The first kappa shape index (κ1) is 13.7. The van der Waals surface area contributed by atoms with E-state index in [0.717, 1.165) is 13.1 Å². The molecule has 0 aromatic carbocycles. The van der Waals surface area contributed by atoms with E-state index in [9.17, 15) is 13.5 Å². The number of aliphatic hydroxyl groups is 1. The zero-order valence-electron chi connectivity index (χ0n) is 10.5. The van der Waals surface area contributed by atoms with Crippen molar-refractivity contribution in [2.24, 2.45) is 0 Å². The Labute approximate surface area is 108 Å². The second kappa shape index (κ2) is 5.13. The zero-order chi connectivity index (χ0) is 13.3. The highest BCUT2D eigenvalue weighted by Gasteiger charge is 2.40. The number of nitrogens with zero attached hydrogens (tertiary/aromatic N) is 3. The molecule has 1 N–H and O–H groups in total. The van der Waals surface area contributed by atoms with Gasteiger partial charge >= 0.3 is 0 Å². The number of piperazine rings is 1. The first-order valence-corrected chi connectivity index (χ1v) is 8.01. The Morgan fingerprint density at radius 1 is 1.28 bits per heavy atom. The van der Waals surface area contributed by atoms with E-state index in [0.29, 0.717) is 13.1 Å². The van der Waals surface area contributed by atoms with E-state index in [1.54, 1.807) is 0 Å². The van der Waals surface area contributed by atoms with Crippen molar-refractivity contribution >= 4 is 9.84 Å². The maximum Gasteiger partial charge on any atom is 0.154 e. The molecule has 0 aromatic rings. The summed E-state index contributed by atoms with van der Waals surface area (Å²) in [6.07, 6.45) is -0.769. The van der Waals surface area contributed by atoms with Crippen LogP contribution in [0.15, 0.2) is 0 Å². The smallest absolute Gasteiger partial charge is 0.154 e. The molecular weight excluding hydrogens is 254 g/mol. The molecule has 0 aliphatic carbocycles. The number of nitriles is 1. The van der Waals surface area contributed by atoms with Gasteiger partial charge in [0.1, 0.15) is 0 Å². The van der Waals surface area contributed by atoms with Gasteiger partial charge in [-0.1, -0.05) is 0 Å². The summed E-state index contributed by atoms with van der Waals surface area (Å²) in [5.41, 5.74) is 0. The van der Waals surface area contributed by atoms with Crippen molar-refractivity contribution in [2.75, 3.05) is 37.7 Å². The minimum Gasteiger partial charge on any atom is -0.390 e. The molecule has 2 rings (SSSR count). The first-order chi connectivity index (χ1) is 8.43. The maximum atomic E-state index is 11.5. The zero-order valence-corrected chi connectivity index (χ0v) is 11.3. The predicted octanol–water partition coefficient (Wildman–Crippen LogP) is -1.33. The summed E-state index contributed by atoms with van der Waals surface area (Å²) in [6, 6.07) is 1.83. The van der Waals surface area contributed by atoms with Crippen LogP contribution in [0.5, 0.6) is 0 Å². The fourth-order valence-corrected chi connectivity index (χ4v) is 4.53. The lowest BCUT2D eigenvalue weighted by Gasteiger charge is -2.39. The van der Waals surface area contributed by atoms with Crippen LogP contribution in [0.3, 0.4) is 0 Å². The molecule has 7 heteroatoms. The van der Waals surface area contributed by atoms with Crippen LogP contribution in [0.4, 0.5) is 0 Å². The molecule has 2 saturated heterocycles. The average molecular weight is 273 g/mol. The minimum absolute atomic E-state index is 0.0575. The molecule has 0 bridgehead atoms. The normalized spacial score (nSPS) is 35.2. The van der Waals surface area contributed by atoms with Crippen LogP contribution in [-0.2, 0) is 9.84 Å². The summed E-state index contributed by atoms with van der Waals surface area (Å²) in [6.45, 7) is 4.78. The molecule has 18 heavy (non-hydrogen) atoms. The van der Waals surface area contributed by atoms with E-state index < -0.39 is 15.9 Å². The Morgan fingerprint density at radius 3 is 2.33 bits per heavy atom. The third-order valence-electron chi connectivity index (χ3n) is 3.85. The van der Waals surface area contributed by atoms with E-state index in [1.807, 2.05) is 11.8 Å². The number of rotatable bonds is 2. The Bertz CT molecular complexity index is 437. The molecule has 3 atom stereocenters. The highest BCUT2D eigenvalue weighted by Crippen LogP contribution is 2.20. The lowest BCUT2D eigenvalue weighted by Crippen LogP contribution is -2.55. The number of sulfone groups is 1. The second-order valence-corrected chi connectivity index (χ2v) is 7.24. The molecule has 3 unspecified atom stereocenters. The van der Waals surface area contributed by atoms with Gasteiger partial charge in [0.05, 0.1) is 35.8 Å². The van der Waals surface area contributed by atoms with Crippen LogP contribution in [0, 0.1) is 11.3 Å². The molecule has 0 saturated carbocycles. The number of hydrogen-bond acceptors (Lipinski definition) is 6. The fraction of sp³-hybridized carbons (Fsp3) is 0.909. The van der Waals surface area contributed by atoms with E-state index in [1.165, 1.54) is 0 Å². The largest absolute Gasteiger partial charge is 0.390 e. The molecule has 0 aromatic heterocycles. The summed E-state index contributed by atoms with van der Waals surface area (Å²) < 4.78 is 22.9. The SMILES string of the molecule is CC(C#N)N1CCN(C2CS(=O)(=O)CC2O)CC1. The summed E-state index contributed by atoms with van der Waals surface area (Å²) in [7, 11) is -3.09. The van der Waals surface area contributed by atoms with Gasteiger partial charge in [-0.05, 0) is 6.92 Å². The summed E-state index contributed by atoms with van der Waals surface area (Å²) >= 11 is 0. The van der Waals surface area contributed by atoms with E-state index in [4.69, 9.17) is 5.26 Å². The van der Waals surface area contributed by atoms with Crippen LogP contribution in [0.2, 0.25) is 0 Å². The van der Waals surface area contributed by atoms with Crippen molar-refractivity contribution in [3.05, 3.63) is 0 Å². The Morgan fingerprint density at radius 2 is 1.89 bits per heavy atom. The predicted molar refractivity (Wildman–Crippen MR) is 66.7 cm³/mol. The quantitative estimate of drug-likeness (QED) is 0.671. The van der Waals surface area contributed by atoms with Crippen LogP contribution >= 0.6 is 0 Å². The van der Waals surface area contributed by atoms with Crippen LogP contribution in [0.1, 0.15) is 6.92 Å². The van der Waals surface area contributed by atoms with Gasteiger partial charge in [-0.15, -0.1) is 0 Å². The molecule has 2 aliphatic heterocycles. The Balaban J connectivity index is 1.93. The summed E-state index contributed by atoms with van der Waals surface area (Å²) in [4.78, 5) is 4.11. The van der Waals surface area contributed by atoms with Crippen molar-refractivity contribution in [3.63, 3.8) is 0 Å². The van der Waals surface area contributed by atoms with Gasteiger partial charge < -0.3 is 5.11 Å². The number of aliphatic hydroxyl groups excluding tert-OH is 1. The van der Waals surface area contributed by atoms with Crippen molar-refractivity contribution in [1.29, 1.82) is 5.26 Å². The van der Waals surface area contributed by atoms with Gasteiger partial charge in [-0.3, -0.25) is 9.80 Å². The van der Waals surface area contributed by atoms with Crippen LogP contribution < -0.4 is 0 Å². The van der Waals surface area contributed by atoms with Gasteiger partial charge in [0.15, 0.2) is 9.84 Å². The summed E-state index contributed by atoms with van der Waals surface area (Å²) in [5, 5.41) is 18.7. The van der Waals surface area contributed by atoms with Crippen LogP contribution in [0.25, 0.3) is 0 Å². The minimum atomic E-state index is -3.09. The molecule has 6 nitrogen and oxygen atoms in total. The van der Waals surface area contributed by atoms with E-state index in [2.05, 4.69) is 11.0 Å². The standard InChI is InChI=1S/C11H19N3O3S/c1-9(6-12)13-2-4-14(5-3-13)10-7-18(16,17)8-11(10)15/h9-11,15H,2-5,7-8H2,1H3. The molecule has 2 fully saturated rings. The van der Waals surface area contributed by atoms with E-state index in [-0.39, 0.29) is 23.6 Å². The van der Waals surface area contributed by atoms with E-state index >= 15 is 0 Å². The topological polar surface area (TPSA) is 84.6 Å². The van der Waals surface area contributed by atoms with Gasteiger partial charge in [-0.25, -0.2) is 8.42 Å². The van der Waals surface area contributed by atoms with Gasteiger partial charge in [0, 0.05) is 26.2 Å². The molecule has 102 valence electrons. The monoisotopic (exact) mass is 273 g/mol. The van der Waals surface area contributed by atoms with Crippen molar-refractivity contribution in [3.8, 4) is 6.07 Å². The van der Waals surface area contributed by atoms with Crippen molar-refractivity contribution in [2.45, 2.75) is 25.1 Å². The summed E-state index contributed by atoms with van der Waals surface area (Å²) in [5.74, 6) is -0.0611. The lowest BCUT2D eigenvalue weighted by molar-refractivity contribution is 0.0398. The van der Waals surface area contributed by atoms with Gasteiger partial charge in [0.2, 0.25) is 0 Å². The maximum absolute atomic E-state index is 11.5. The molecule has 0 spiro atoms. The van der Waals surface area contributed by atoms with Crippen molar-refractivity contribution in [1.82, 2.24) is 9.80 Å². The third kappa shape index (κ3) is 2.83. The van der Waals surface area contributed by atoms with Crippen LogP contribution in [-0.4, -0.2) is 79.2 Å². The fourth-order valence-electron chi connectivity index (χ4n) is 2.70. The molecule has 0 radical (unpaired) electrons. The average Bonchev–Trinajstić information content (AvgIpc) is 2.62. The second-order valence-electron chi connectivity index (χ2n) is 5.09. The lowest BCUT2D eigenvalue weighted by atomic mass is 10.1. The van der Waals surface area contributed by atoms with Crippen molar-refractivity contribution < 1.29 is 13.5 Å². The first-order valence-electron chi connectivity index (χ1n) is 6.19. The molecule has 2 heterocycles. The molecular formula is C11H19N3O3S. The Kier molecular flexibility index (Phi) is 3.92. The molecule has 2 aliphatic rings. The van der Waals surface area contributed by atoms with Gasteiger partial charge in [-0.2, -0.15) is 5.26 Å². The van der Waals surface area contributed by atoms with Gasteiger partial charge in [0.25, 0.3) is 0 Å².